The van der Waals surface area contributed by atoms with E-state index in [2.05, 4.69) is 0 Å². The van der Waals surface area contributed by atoms with Gasteiger partial charge in [-0.25, -0.2) is 4.39 Å². The summed E-state index contributed by atoms with van der Waals surface area (Å²) in [6, 6.07) is 5.60. The van der Waals surface area contributed by atoms with Crippen LogP contribution in [0.5, 0.6) is 0 Å². The lowest BCUT2D eigenvalue weighted by Gasteiger charge is -2.18. The highest BCUT2D eigenvalue weighted by Gasteiger charge is 2.16. The molecule has 0 bridgehead atoms. The van der Waals surface area contributed by atoms with Gasteiger partial charge in [0.15, 0.2) is 0 Å². The Morgan fingerprint density at radius 1 is 1.38 bits per heavy atom. The van der Waals surface area contributed by atoms with Gasteiger partial charge in [-0.2, -0.15) is 0 Å². The van der Waals surface area contributed by atoms with Crippen molar-refractivity contribution in [1.82, 2.24) is 4.90 Å². The minimum absolute atomic E-state index is 0.363. The molecular formula is C10H11FNO. The van der Waals surface area contributed by atoms with Crippen LogP contribution in [0.1, 0.15) is 11.6 Å². The zero-order valence-corrected chi connectivity index (χ0v) is 7.62. The van der Waals surface area contributed by atoms with E-state index in [4.69, 9.17) is 0 Å². The normalized spacial score (nSPS) is 12.9. The number of benzene rings is 1. The van der Waals surface area contributed by atoms with Gasteiger partial charge in [0.05, 0.1) is 0 Å². The van der Waals surface area contributed by atoms with Crippen molar-refractivity contribution in [1.29, 1.82) is 0 Å². The van der Waals surface area contributed by atoms with Crippen molar-refractivity contribution >= 4 is 6.29 Å². The Bertz CT molecular complexity index is 299. The fourth-order valence-corrected chi connectivity index (χ4v) is 1.14. The summed E-state index contributed by atoms with van der Waals surface area (Å²) in [6.07, 6.45) is 1.79. The van der Waals surface area contributed by atoms with Crippen LogP contribution in [-0.4, -0.2) is 25.3 Å². The fraction of sp³-hybridized carbons (Fsp3) is 0.300. The molecule has 0 fully saturated rings. The molecular weight excluding hydrogens is 169 g/mol. The van der Waals surface area contributed by atoms with Crippen LogP contribution in [0.2, 0.25) is 0 Å². The van der Waals surface area contributed by atoms with Crippen molar-refractivity contribution in [2.45, 2.75) is 6.04 Å². The van der Waals surface area contributed by atoms with Crippen LogP contribution in [0.3, 0.4) is 0 Å². The lowest BCUT2D eigenvalue weighted by atomic mass is 10.1. The van der Waals surface area contributed by atoms with Crippen LogP contribution >= 0.6 is 0 Å². The number of likely N-dealkylation sites (N-methyl/N-ethyl adjacent to an activating group) is 1. The van der Waals surface area contributed by atoms with Gasteiger partial charge in [-0.1, -0.05) is 18.2 Å². The van der Waals surface area contributed by atoms with Gasteiger partial charge >= 0.3 is 0 Å². The minimum Gasteiger partial charge on any atom is -0.296 e. The van der Waals surface area contributed by atoms with Crippen LogP contribution in [0.15, 0.2) is 24.3 Å². The van der Waals surface area contributed by atoms with Crippen LogP contribution < -0.4 is 0 Å². The second-order valence-electron chi connectivity index (χ2n) is 3.01. The number of nitrogens with zero attached hydrogens (tertiary/aromatic N) is 1. The van der Waals surface area contributed by atoms with Gasteiger partial charge in [0.2, 0.25) is 6.29 Å². The van der Waals surface area contributed by atoms with Crippen molar-refractivity contribution in [2.75, 3.05) is 14.1 Å². The number of hydrogen-bond acceptors (Lipinski definition) is 2. The minimum atomic E-state index is -0.624. The van der Waals surface area contributed by atoms with Crippen molar-refractivity contribution in [3.8, 4) is 0 Å². The fourth-order valence-electron chi connectivity index (χ4n) is 1.14. The summed E-state index contributed by atoms with van der Waals surface area (Å²) in [6.45, 7) is 0. The first kappa shape index (κ1) is 9.86. The molecule has 0 aliphatic heterocycles. The SMILES string of the molecule is CN(C)C([C]=O)c1ccccc1F. The maximum Gasteiger partial charge on any atom is 0.222 e. The third-order valence-corrected chi connectivity index (χ3v) is 1.83. The van der Waals surface area contributed by atoms with Crippen LogP contribution in [0, 0.1) is 5.82 Å². The smallest absolute Gasteiger partial charge is 0.222 e. The summed E-state index contributed by atoms with van der Waals surface area (Å²) < 4.78 is 13.2. The number of hydrogen-bond donors (Lipinski definition) is 0. The Balaban J connectivity index is 3.04. The number of halogens is 1. The summed E-state index contributed by atoms with van der Waals surface area (Å²) in [5.41, 5.74) is 0.363. The third-order valence-electron chi connectivity index (χ3n) is 1.83. The molecule has 1 unspecified atom stereocenters. The molecule has 3 heteroatoms. The van der Waals surface area contributed by atoms with Gasteiger partial charge in [-0.3, -0.25) is 9.69 Å². The molecule has 0 N–H and O–H groups in total. The van der Waals surface area contributed by atoms with Gasteiger partial charge in [0.25, 0.3) is 0 Å². The molecule has 0 saturated heterocycles. The predicted molar refractivity (Wildman–Crippen MR) is 48.5 cm³/mol. The first-order valence-electron chi connectivity index (χ1n) is 3.95. The quantitative estimate of drug-likeness (QED) is 0.703. The molecule has 0 amide bonds. The summed E-state index contributed by atoms with van der Waals surface area (Å²) >= 11 is 0. The standard InChI is InChI=1S/C10H11FNO/c1-12(2)10(7-13)8-5-3-4-6-9(8)11/h3-6,10H,1-2H3. The first-order chi connectivity index (χ1) is 6.16. The molecule has 1 radical (unpaired) electrons. The van der Waals surface area contributed by atoms with Gasteiger partial charge in [-0.05, 0) is 20.2 Å². The monoisotopic (exact) mass is 180 g/mol. The zero-order chi connectivity index (χ0) is 9.84. The molecule has 13 heavy (non-hydrogen) atoms. The van der Waals surface area contributed by atoms with Gasteiger partial charge in [0.1, 0.15) is 11.9 Å². The summed E-state index contributed by atoms with van der Waals surface area (Å²) in [4.78, 5) is 12.2. The molecule has 0 aliphatic carbocycles. The Kier molecular flexibility index (Phi) is 3.14. The van der Waals surface area contributed by atoms with Gasteiger partial charge < -0.3 is 0 Å². The summed E-state index contributed by atoms with van der Waals surface area (Å²) in [7, 11) is 3.42. The van der Waals surface area contributed by atoms with E-state index in [0.717, 1.165) is 0 Å². The van der Waals surface area contributed by atoms with Crippen molar-refractivity contribution < 1.29 is 9.18 Å². The lowest BCUT2D eigenvalue weighted by molar-refractivity contribution is 0.347. The van der Waals surface area contributed by atoms with E-state index in [1.807, 2.05) is 0 Å². The van der Waals surface area contributed by atoms with E-state index in [9.17, 15) is 9.18 Å². The molecule has 0 saturated carbocycles. The molecule has 1 rings (SSSR count). The van der Waals surface area contributed by atoms with Gasteiger partial charge in [0, 0.05) is 5.56 Å². The molecule has 1 aromatic carbocycles. The van der Waals surface area contributed by atoms with Crippen molar-refractivity contribution in [2.24, 2.45) is 0 Å². The maximum atomic E-state index is 13.2. The second-order valence-corrected chi connectivity index (χ2v) is 3.01. The predicted octanol–water partition coefficient (Wildman–Crippen LogP) is 1.54. The average molecular weight is 180 g/mol. The molecule has 0 spiro atoms. The van der Waals surface area contributed by atoms with Crippen molar-refractivity contribution in [3.05, 3.63) is 35.6 Å². The highest BCUT2D eigenvalue weighted by Crippen LogP contribution is 2.18. The van der Waals surface area contributed by atoms with E-state index in [0.29, 0.717) is 5.56 Å². The average Bonchev–Trinajstić information content (AvgIpc) is 2.09. The molecule has 1 aromatic rings. The zero-order valence-electron chi connectivity index (χ0n) is 7.62. The summed E-state index contributed by atoms with van der Waals surface area (Å²) in [5, 5.41) is 0. The van der Waals surface area contributed by atoms with Crippen molar-refractivity contribution in [3.63, 3.8) is 0 Å². The van der Waals surface area contributed by atoms with Crippen LogP contribution in [-0.2, 0) is 4.79 Å². The van der Waals surface area contributed by atoms with Gasteiger partial charge in [-0.15, -0.1) is 0 Å². The molecule has 0 aromatic heterocycles. The first-order valence-corrected chi connectivity index (χ1v) is 3.95. The number of rotatable bonds is 3. The van der Waals surface area contributed by atoms with Crippen LogP contribution in [0.4, 0.5) is 4.39 Å². The largest absolute Gasteiger partial charge is 0.296 e. The second kappa shape index (κ2) is 4.14. The Labute approximate surface area is 77.0 Å². The topological polar surface area (TPSA) is 20.3 Å². The van der Waals surface area contributed by atoms with E-state index in [1.54, 1.807) is 43.5 Å². The Morgan fingerprint density at radius 2 is 2.00 bits per heavy atom. The molecule has 0 aliphatic rings. The number of carbonyl (C=O) groups excluding carboxylic acids is 1. The lowest BCUT2D eigenvalue weighted by Crippen LogP contribution is -2.21. The van der Waals surface area contributed by atoms with Crippen LogP contribution in [0.25, 0.3) is 0 Å². The molecule has 2 nitrogen and oxygen atoms in total. The highest BCUT2D eigenvalue weighted by molar-refractivity contribution is 5.62. The molecule has 0 heterocycles. The van der Waals surface area contributed by atoms with E-state index >= 15 is 0 Å². The Morgan fingerprint density at radius 3 is 2.46 bits per heavy atom. The van der Waals surface area contributed by atoms with E-state index in [-0.39, 0.29) is 5.82 Å². The third kappa shape index (κ3) is 2.12. The Hall–Kier alpha value is -1.22. The molecule has 1 atom stereocenters. The van der Waals surface area contributed by atoms with E-state index in [1.165, 1.54) is 6.07 Å². The molecule has 69 valence electrons. The highest BCUT2D eigenvalue weighted by atomic mass is 19.1. The van der Waals surface area contributed by atoms with E-state index < -0.39 is 6.04 Å². The maximum absolute atomic E-state index is 13.2. The summed E-state index contributed by atoms with van der Waals surface area (Å²) in [5.74, 6) is -0.371.